The fourth-order valence-corrected chi connectivity index (χ4v) is 2.97. The fraction of sp³-hybridized carbons (Fsp3) is 0.500. The number of nitrogens with one attached hydrogen (secondary N) is 1. The lowest BCUT2D eigenvalue weighted by atomic mass is 9.85. The normalized spacial score (nSPS) is 17.2. The van der Waals surface area contributed by atoms with Crippen molar-refractivity contribution in [2.45, 2.75) is 25.7 Å². The van der Waals surface area contributed by atoms with Crippen LogP contribution >= 0.6 is 15.9 Å². The zero-order valence-electron chi connectivity index (χ0n) is 11.0. The average Bonchev–Trinajstić information content (AvgIpc) is 2.89. The molecule has 1 aromatic rings. The summed E-state index contributed by atoms with van der Waals surface area (Å²) >= 11 is 3.40. The Bertz CT molecular complexity index is 471. The quantitative estimate of drug-likeness (QED) is 0.894. The number of ether oxygens (including phenoxy) is 1. The van der Waals surface area contributed by atoms with Crippen LogP contribution in [-0.4, -0.2) is 19.6 Å². The van der Waals surface area contributed by atoms with Crippen molar-refractivity contribution in [2.24, 2.45) is 11.1 Å². The smallest absolute Gasteiger partial charge is 0.231 e. The molecule has 5 heteroatoms. The molecule has 1 saturated carbocycles. The average molecular weight is 327 g/mol. The van der Waals surface area contributed by atoms with Crippen molar-refractivity contribution in [3.05, 3.63) is 22.7 Å². The number of benzene rings is 1. The lowest BCUT2D eigenvalue weighted by Crippen LogP contribution is -2.40. The number of amides is 1. The number of rotatable bonds is 4. The SMILES string of the molecule is COc1ccc(Br)cc1NC(=O)C1(CN)CCCC1. The number of methoxy groups -OCH3 is 1. The topological polar surface area (TPSA) is 64.3 Å². The summed E-state index contributed by atoms with van der Waals surface area (Å²) in [6.07, 6.45) is 3.87. The molecule has 4 nitrogen and oxygen atoms in total. The maximum absolute atomic E-state index is 12.5. The third kappa shape index (κ3) is 2.92. The number of hydrogen-bond donors (Lipinski definition) is 2. The van der Waals surface area contributed by atoms with Crippen LogP contribution in [0.25, 0.3) is 0 Å². The minimum Gasteiger partial charge on any atom is -0.495 e. The Labute approximate surface area is 121 Å². The van der Waals surface area contributed by atoms with Crippen molar-refractivity contribution in [1.82, 2.24) is 0 Å². The molecule has 0 unspecified atom stereocenters. The van der Waals surface area contributed by atoms with Gasteiger partial charge < -0.3 is 15.8 Å². The lowest BCUT2D eigenvalue weighted by molar-refractivity contribution is -0.124. The molecule has 3 N–H and O–H groups in total. The van der Waals surface area contributed by atoms with Gasteiger partial charge >= 0.3 is 0 Å². The lowest BCUT2D eigenvalue weighted by Gasteiger charge is -2.26. The van der Waals surface area contributed by atoms with E-state index in [-0.39, 0.29) is 5.91 Å². The Morgan fingerprint density at radius 2 is 2.16 bits per heavy atom. The second-order valence-electron chi connectivity index (χ2n) is 4.99. The van der Waals surface area contributed by atoms with E-state index in [0.717, 1.165) is 30.2 Å². The van der Waals surface area contributed by atoms with Gasteiger partial charge in [-0.15, -0.1) is 0 Å². The van der Waals surface area contributed by atoms with Crippen molar-refractivity contribution in [3.8, 4) is 5.75 Å². The van der Waals surface area contributed by atoms with Crippen molar-refractivity contribution in [3.63, 3.8) is 0 Å². The molecule has 0 heterocycles. The molecular weight excluding hydrogens is 308 g/mol. The van der Waals surface area contributed by atoms with Crippen molar-refractivity contribution >= 4 is 27.5 Å². The predicted molar refractivity (Wildman–Crippen MR) is 79.3 cm³/mol. The number of carbonyl (C=O) groups excluding carboxylic acids is 1. The van der Waals surface area contributed by atoms with E-state index in [1.807, 2.05) is 18.2 Å². The van der Waals surface area contributed by atoms with E-state index in [4.69, 9.17) is 10.5 Å². The van der Waals surface area contributed by atoms with Gasteiger partial charge in [0.2, 0.25) is 5.91 Å². The third-order valence-electron chi connectivity index (χ3n) is 3.84. The van der Waals surface area contributed by atoms with Crippen LogP contribution < -0.4 is 15.8 Å². The second kappa shape index (κ2) is 5.92. The highest BCUT2D eigenvalue weighted by atomic mass is 79.9. The van der Waals surface area contributed by atoms with Crippen LogP contribution in [0.1, 0.15) is 25.7 Å². The summed E-state index contributed by atoms with van der Waals surface area (Å²) in [5.74, 6) is 0.658. The predicted octanol–water partition coefficient (Wildman–Crippen LogP) is 2.92. The maximum atomic E-state index is 12.5. The minimum absolute atomic E-state index is 0.00361. The summed E-state index contributed by atoms with van der Waals surface area (Å²) in [6, 6.07) is 5.54. The fourth-order valence-electron chi connectivity index (χ4n) is 2.61. The van der Waals surface area contributed by atoms with Gasteiger partial charge in [0.15, 0.2) is 0 Å². The molecule has 1 aliphatic carbocycles. The van der Waals surface area contributed by atoms with Crippen LogP contribution in [0.4, 0.5) is 5.69 Å². The first kappa shape index (κ1) is 14.3. The highest BCUT2D eigenvalue weighted by molar-refractivity contribution is 9.10. The van der Waals surface area contributed by atoms with E-state index in [9.17, 15) is 4.79 Å². The van der Waals surface area contributed by atoms with E-state index in [1.165, 1.54) is 0 Å². The number of anilines is 1. The van der Waals surface area contributed by atoms with Gasteiger partial charge in [-0.05, 0) is 31.0 Å². The Hall–Kier alpha value is -1.07. The minimum atomic E-state index is -0.409. The first-order valence-corrected chi connectivity index (χ1v) is 7.26. The first-order valence-electron chi connectivity index (χ1n) is 6.46. The maximum Gasteiger partial charge on any atom is 0.231 e. The molecule has 104 valence electrons. The molecule has 0 aromatic heterocycles. The summed E-state index contributed by atoms with van der Waals surface area (Å²) in [6.45, 7) is 0.398. The summed E-state index contributed by atoms with van der Waals surface area (Å²) < 4.78 is 6.16. The Morgan fingerprint density at radius 1 is 1.47 bits per heavy atom. The summed E-state index contributed by atoms with van der Waals surface area (Å²) in [5, 5.41) is 2.96. The van der Waals surface area contributed by atoms with E-state index >= 15 is 0 Å². The van der Waals surface area contributed by atoms with Gasteiger partial charge in [0.25, 0.3) is 0 Å². The number of nitrogens with two attached hydrogens (primary N) is 1. The van der Waals surface area contributed by atoms with Crippen molar-refractivity contribution in [1.29, 1.82) is 0 Å². The van der Waals surface area contributed by atoms with Crippen LogP contribution in [0.2, 0.25) is 0 Å². The Kier molecular flexibility index (Phi) is 4.47. The van der Waals surface area contributed by atoms with Gasteiger partial charge in [-0.1, -0.05) is 28.8 Å². The van der Waals surface area contributed by atoms with Gasteiger partial charge in [-0.3, -0.25) is 4.79 Å². The Balaban J connectivity index is 2.20. The van der Waals surface area contributed by atoms with Crippen molar-refractivity contribution in [2.75, 3.05) is 19.0 Å². The first-order chi connectivity index (χ1) is 9.11. The second-order valence-corrected chi connectivity index (χ2v) is 5.91. The summed E-state index contributed by atoms with van der Waals surface area (Å²) in [7, 11) is 1.59. The number of hydrogen-bond acceptors (Lipinski definition) is 3. The zero-order valence-corrected chi connectivity index (χ0v) is 12.6. The van der Waals surface area contributed by atoms with Gasteiger partial charge in [0.1, 0.15) is 5.75 Å². The van der Waals surface area contributed by atoms with Crippen LogP contribution in [-0.2, 0) is 4.79 Å². The van der Waals surface area contributed by atoms with Crippen LogP contribution in [0.5, 0.6) is 5.75 Å². The molecular formula is C14H19BrN2O2. The van der Waals surface area contributed by atoms with Crippen LogP contribution in [0.15, 0.2) is 22.7 Å². The number of carbonyl (C=O) groups is 1. The third-order valence-corrected chi connectivity index (χ3v) is 4.34. The molecule has 2 rings (SSSR count). The van der Waals surface area contributed by atoms with Gasteiger partial charge in [0.05, 0.1) is 18.2 Å². The molecule has 1 aliphatic rings. The largest absolute Gasteiger partial charge is 0.495 e. The molecule has 0 spiro atoms. The molecule has 0 saturated heterocycles. The molecule has 0 radical (unpaired) electrons. The molecule has 19 heavy (non-hydrogen) atoms. The molecule has 0 aliphatic heterocycles. The van der Waals surface area contributed by atoms with Gasteiger partial charge in [0, 0.05) is 11.0 Å². The molecule has 1 aromatic carbocycles. The molecule has 1 fully saturated rings. The van der Waals surface area contributed by atoms with Crippen LogP contribution in [0, 0.1) is 5.41 Å². The standard InChI is InChI=1S/C14H19BrN2O2/c1-19-12-5-4-10(15)8-11(12)17-13(18)14(9-16)6-2-3-7-14/h4-5,8H,2-3,6-7,9,16H2,1H3,(H,17,18). The highest BCUT2D eigenvalue weighted by Gasteiger charge is 2.40. The van der Waals surface area contributed by atoms with E-state index < -0.39 is 5.41 Å². The Morgan fingerprint density at radius 3 is 2.74 bits per heavy atom. The van der Waals surface area contributed by atoms with E-state index in [0.29, 0.717) is 18.0 Å². The zero-order chi connectivity index (χ0) is 13.9. The van der Waals surface area contributed by atoms with E-state index in [2.05, 4.69) is 21.2 Å². The van der Waals surface area contributed by atoms with Gasteiger partial charge in [-0.25, -0.2) is 0 Å². The van der Waals surface area contributed by atoms with Crippen molar-refractivity contribution < 1.29 is 9.53 Å². The summed E-state index contributed by atoms with van der Waals surface area (Å²) in [5.41, 5.74) is 6.10. The van der Waals surface area contributed by atoms with E-state index in [1.54, 1.807) is 7.11 Å². The number of halogens is 1. The molecule has 0 bridgehead atoms. The van der Waals surface area contributed by atoms with Crippen LogP contribution in [0.3, 0.4) is 0 Å². The monoisotopic (exact) mass is 326 g/mol. The highest BCUT2D eigenvalue weighted by Crippen LogP contribution is 2.39. The summed E-state index contributed by atoms with van der Waals surface area (Å²) in [4.78, 5) is 12.5. The molecule has 1 amide bonds. The van der Waals surface area contributed by atoms with Gasteiger partial charge in [-0.2, -0.15) is 0 Å². The molecule has 0 atom stereocenters.